The molecule has 0 bridgehead atoms. The molecule has 20 heavy (non-hydrogen) atoms. The van der Waals surface area contributed by atoms with Crippen molar-refractivity contribution in [2.75, 3.05) is 23.9 Å². The van der Waals surface area contributed by atoms with E-state index in [0.717, 1.165) is 42.9 Å². The first-order valence-electron chi connectivity index (χ1n) is 6.94. The second-order valence-electron chi connectivity index (χ2n) is 5.12. The number of rotatable bonds is 6. The van der Waals surface area contributed by atoms with Gasteiger partial charge in [-0.2, -0.15) is 0 Å². The minimum Gasteiger partial charge on any atom is -0.389 e. The predicted octanol–water partition coefficient (Wildman–Crippen LogP) is 1.78. The number of pyridine rings is 1. The van der Waals surface area contributed by atoms with Crippen molar-refractivity contribution in [2.45, 2.75) is 32.1 Å². The summed E-state index contributed by atoms with van der Waals surface area (Å²) in [6.45, 7) is 0.737. The van der Waals surface area contributed by atoms with Crippen molar-refractivity contribution < 1.29 is 4.21 Å². The fourth-order valence-corrected chi connectivity index (χ4v) is 3.14. The highest BCUT2D eigenvalue weighted by atomic mass is 32.2. The normalized spacial score (nSPS) is 15.4. The standard InChI is InChI=1S/C14H21N3OS2/c1-20(18)8-4-7-16-14-11(13(15)19)9-10-5-2-3-6-12(10)17-14/h9H,2-8H2,1H3,(H2,15,19)(H,16,17). The summed E-state index contributed by atoms with van der Waals surface area (Å²) in [6.07, 6.45) is 7.06. The topological polar surface area (TPSA) is 68.0 Å². The number of nitrogens with zero attached hydrogens (tertiary/aromatic N) is 1. The number of fused-ring (bicyclic) bond motifs is 1. The van der Waals surface area contributed by atoms with Crippen LogP contribution in [0.1, 0.15) is 36.1 Å². The van der Waals surface area contributed by atoms with Crippen LogP contribution >= 0.6 is 12.2 Å². The van der Waals surface area contributed by atoms with E-state index in [-0.39, 0.29) is 0 Å². The third-order valence-electron chi connectivity index (χ3n) is 3.47. The summed E-state index contributed by atoms with van der Waals surface area (Å²) in [4.78, 5) is 5.08. The molecule has 0 aromatic carbocycles. The number of anilines is 1. The molecule has 0 amide bonds. The van der Waals surface area contributed by atoms with E-state index in [4.69, 9.17) is 22.9 Å². The fourth-order valence-electron chi connectivity index (χ4n) is 2.44. The molecule has 0 spiro atoms. The van der Waals surface area contributed by atoms with Gasteiger partial charge in [0.25, 0.3) is 0 Å². The molecule has 2 rings (SSSR count). The Morgan fingerprint density at radius 3 is 2.95 bits per heavy atom. The summed E-state index contributed by atoms with van der Waals surface area (Å²) in [5.74, 6) is 1.47. The predicted molar refractivity (Wildman–Crippen MR) is 88.8 cm³/mol. The lowest BCUT2D eigenvalue weighted by Gasteiger charge is -2.19. The second kappa shape index (κ2) is 7.13. The number of thiocarbonyl (C=S) groups is 1. The summed E-state index contributed by atoms with van der Waals surface area (Å²) < 4.78 is 11.0. The van der Waals surface area contributed by atoms with E-state index in [9.17, 15) is 4.21 Å². The quantitative estimate of drug-likeness (QED) is 0.619. The van der Waals surface area contributed by atoms with Gasteiger partial charge < -0.3 is 11.1 Å². The first-order valence-corrected chi connectivity index (χ1v) is 9.08. The Morgan fingerprint density at radius 2 is 2.25 bits per heavy atom. The Labute approximate surface area is 128 Å². The average Bonchev–Trinajstić information content (AvgIpc) is 2.42. The number of hydrogen-bond donors (Lipinski definition) is 2. The molecule has 1 aliphatic rings. The number of nitrogens with one attached hydrogen (secondary N) is 1. The second-order valence-corrected chi connectivity index (χ2v) is 7.11. The van der Waals surface area contributed by atoms with Crippen LogP contribution < -0.4 is 11.1 Å². The summed E-state index contributed by atoms with van der Waals surface area (Å²) in [5, 5.41) is 3.29. The van der Waals surface area contributed by atoms with E-state index in [2.05, 4.69) is 11.4 Å². The van der Waals surface area contributed by atoms with Crippen molar-refractivity contribution >= 4 is 33.8 Å². The lowest BCUT2D eigenvalue weighted by atomic mass is 9.94. The third kappa shape index (κ3) is 3.99. The molecular weight excluding hydrogens is 290 g/mol. The monoisotopic (exact) mass is 311 g/mol. The van der Waals surface area contributed by atoms with Gasteiger partial charge in [-0.1, -0.05) is 12.2 Å². The molecule has 1 atom stereocenters. The van der Waals surface area contributed by atoms with Crippen LogP contribution in [0.3, 0.4) is 0 Å². The van der Waals surface area contributed by atoms with Crippen LogP contribution in [0.4, 0.5) is 5.82 Å². The lowest BCUT2D eigenvalue weighted by Crippen LogP contribution is -2.19. The van der Waals surface area contributed by atoms with Crippen LogP contribution in [-0.2, 0) is 23.6 Å². The van der Waals surface area contributed by atoms with E-state index in [1.807, 2.05) is 0 Å². The largest absolute Gasteiger partial charge is 0.389 e. The molecule has 4 nitrogen and oxygen atoms in total. The van der Waals surface area contributed by atoms with Crippen molar-refractivity contribution in [3.63, 3.8) is 0 Å². The number of aryl methyl sites for hydroxylation is 2. The molecule has 1 aromatic rings. The Hall–Kier alpha value is -1.01. The average molecular weight is 311 g/mol. The van der Waals surface area contributed by atoms with Gasteiger partial charge in [-0.25, -0.2) is 4.98 Å². The Kier molecular flexibility index (Phi) is 5.48. The van der Waals surface area contributed by atoms with Gasteiger partial charge in [-0.3, -0.25) is 4.21 Å². The van der Waals surface area contributed by atoms with Gasteiger partial charge in [0.05, 0.1) is 5.56 Å². The molecule has 1 heterocycles. The van der Waals surface area contributed by atoms with Crippen molar-refractivity contribution in [3.05, 3.63) is 22.9 Å². The van der Waals surface area contributed by atoms with Crippen LogP contribution in [-0.4, -0.2) is 32.7 Å². The number of hydrogen-bond acceptors (Lipinski definition) is 4. The minimum absolute atomic E-state index is 0.382. The Balaban J connectivity index is 2.13. The van der Waals surface area contributed by atoms with E-state index in [1.165, 1.54) is 18.4 Å². The molecule has 6 heteroatoms. The van der Waals surface area contributed by atoms with Gasteiger partial charge in [-0.15, -0.1) is 0 Å². The zero-order valence-electron chi connectivity index (χ0n) is 11.8. The zero-order valence-corrected chi connectivity index (χ0v) is 13.4. The molecule has 1 unspecified atom stereocenters. The maximum atomic E-state index is 11.0. The smallest absolute Gasteiger partial charge is 0.136 e. The van der Waals surface area contributed by atoms with E-state index < -0.39 is 10.8 Å². The summed E-state index contributed by atoms with van der Waals surface area (Å²) in [5.41, 5.74) is 9.08. The molecule has 3 N–H and O–H groups in total. The fraction of sp³-hybridized carbons (Fsp3) is 0.571. The van der Waals surface area contributed by atoms with Crippen molar-refractivity contribution in [2.24, 2.45) is 5.73 Å². The molecular formula is C14H21N3OS2. The molecule has 0 saturated carbocycles. The van der Waals surface area contributed by atoms with Gasteiger partial charge in [0.2, 0.25) is 0 Å². The summed E-state index contributed by atoms with van der Waals surface area (Å²) >= 11 is 5.12. The maximum Gasteiger partial charge on any atom is 0.136 e. The van der Waals surface area contributed by atoms with Crippen LogP contribution in [0.15, 0.2) is 6.07 Å². The molecule has 1 aliphatic carbocycles. The molecule has 0 saturated heterocycles. The first-order chi connectivity index (χ1) is 9.58. The van der Waals surface area contributed by atoms with Gasteiger partial charge in [0.1, 0.15) is 10.8 Å². The van der Waals surface area contributed by atoms with Crippen LogP contribution in [0.5, 0.6) is 0 Å². The van der Waals surface area contributed by atoms with Gasteiger partial charge >= 0.3 is 0 Å². The van der Waals surface area contributed by atoms with Gasteiger partial charge in [0, 0.05) is 35.0 Å². The van der Waals surface area contributed by atoms with Gasteiger partial charge in [-0.05, 0) is 43.7 Å². The molecule has 110 valence electrons. The molecule has 0 radical (unpaired) electrons. The molecule has 0 aliphatic heterocycles. The summed E-state index contributed by atoms with van der Waals surface area (Å²) in [6, 6.07) is 2.09. The maximum absolute atomic E-state index is 11.0. The Bertz CT molecular complexity index is 531. The highest BCUT2D eigenvalue weighted by molar-refractivity contribution is 7.84. The number of aromatic nitrogens is 1. The van der Waals surface area contributed by atoms with E-state index >= 15 is 0 Å². The van der Waals surface area contributed by atoms with Crippen LogP contribution in [0.2, 0.25) is 0 Å². The highest BCUT2D eigenvalue weighted by Gasteiger charge is 2.16. The SMILES string of the molecule is CS(=O)CCCNc1nc2c(cc1C(N)=S)CCCC2. The third-order valence-corrected chi connectivity index (χ3v) is 4.55. The van der Waals surface area contributed by atoms with Gasteiger partial charge in [0.15, 0.2) is 0 Å². The van der Waals surface area contributed by atoms with Crippen LogP contribution in [0, 0.1) is 0 Å². The molecule has 0 fully saturated rings. The van der Waals surface area contributed by atoms with Crippen molar-refractivity contribution in [3.8, 4) is 0 Å². The van der Waals surface area contributed by atoms with Crippen molar-refractivity contribution in [1.82, 2.24) is 4.98 Å². The minimum atomic E-state index is -0.750. The zero-order chi connectivity index (χ0) is 14.5. The lowest BCUT2D eigenvalue weighted by molar-refractivity contribution is 0.668. The highest BCUT2D eigenvalue weighted by Crippen LogP contribution is 2.24. The summed E-state index contributed by atoms with van der Waals surface area (Å²) in [7, 11) is -0.750. The van der Waals surface area contributed by atoms with E-state index in [0.29, 0.717) is 10.7 Å². The Morgan fingerprint density at radius 1 is 1.50 bits per heavy atom. The van der Waals surface area contributed by atoms with Crippen LogP contribution in [0.25, 0.3) is 0 Å². The molecule has 1 aromatic heterocycles. The first kappa shape index (κ1) is 15.4. The number of nitrogens with two attached hydrogens (primary N) is 1. The van der Waals surface area contributed by atoms with E-state index in [1.54, 1.807) is 6.26 Å². The van der Waals surface area contributed by atoms with Crippen molar-refractivity contribution in [1.29, 1.82) is 0 Å².